The Bertz CT molecular complexity index is 561. The summed E-state index contributed by atoms with van der Waals surface area (Å²) in [6.07, 6.45) is 1.51. The van der Waals surface area contributed by atoms with Gasteiger partial charge >= 0.3 is 5.97 Å². The van der Waals surface area contributed by atoms with Gasteiger partial charge in [-0.25, -0.2) is 4.79 Å². The van der Waals surface area contributed by atoms with Crippen LogP contribution in [0.5, 0.6) is 5.75 Å². The second kappa shape index (κ2) is 5.43. The van der Waals surface area contributed by atoms with Crippen molar-refractivity contribution < 1.29 is 19.1 Å². The lowest BCUT2D eigenvalue weighted by Gasteiger charge is -2.09. The molecule has 4 nitrogen and oxygen atoms in total. The molecule has 0 bridgehead atoms. The highest BCUT2D eigenvalue weighted by Crippen LogP contribution is 2.32. The average molecular weight is 358 g/mol. The summed E-state index contributed by atoms with van der Waals surface area (Å²) in [6.45, 7) is 2.05. The largest absolute Gasteiger partial charge is 0.507 e. The van der Waals surface area contributed by atoms with Crippen LogP contribution in [-0.4, -0.2) is 17.7 Å². The zero-order valence-corrected chi connectivity index (χ0v) is 11.8. The standard InChI is InChI=1S/C13H11IO4/c1-2-17-13(16)9-6-10(14)11(15)7-8(9)12-4-3-5-18-12/h3-7,15H,2H2,1H3. The molecule has 94 valence electrons. The van der Waals surface area contributed by atoms with Crippen molar-refractivity contribution in [2.45, 2.75) is 6.92 Å². The van der Waals surface area contributed by atoms with Crippen LogP contribution in [-0.2, 0) is 4.74 Å². The molecule has 1 aromatic heterocycles. The molecule has 1 aromatic carbocycles. The smallest absolute Gasteiger partial charge is 0.338 e. The Hall–Kier alpha value is -1.50. The lowest BCUT2D eigenvalue weighted by Crippen LogP contribution is -2.06. The Morgan fingerprint density at radius 1 is 1.50 bits per heavy atom. The lowest BCUT2D eigenvalue weighted by atomic mass is 10.0. The second-order valence-corrected chi connectivity index (χ2v) is 4.71. The van der Waals surface area contributed by atoms with Crippen molar-refractivity contribution in [3.63, 3.8) is 0 Å². The highest BCUT2D eigenvalue weighted by molar-refractivity contribution is 14.1. The monoisotopic (exact) mass is 358 g/mol. The molecular weight excluding hydrogens is 347 g/mol. The van der Waals surface area contributed by atoms with E-state index in [-0.39, 0.29) is 5.75 Å². The topological polar surface area (TPSA) is 59.7 Å². The van der Waals surface area contributed by atoms with Crippen LogP contribution < -0.4 is 0 Å². The van der Waals surface area contributed by atoms with E-state index in [4.69, 9.17) is 9.15 Å². The SMILES string of the molecule is CCOC(=O)c1cc(I)c(O)cc1-c1ccco1. The molecule has 1 N–H and O–H groups in total. The molecule has 2 rings (SSSR count). The number of carbonyl (C=O) groups is 1. The summed E-state index contributed by atoms with van der Waals surface area (Å²) >= 11 is 1.96. The van der Waals surface area contributed by atoms with Crippen LogP contribution >= 0.6 is 22.6 Å². The minimum absolute atomic E-state index is 0.107. The van der Waals surface area contributed by atoms with Crippen molar-refractivity contribution in [3.05, 3.63) is 39.7 Å². The molecule has 0 aliphatic heterocycles. The summed E-state index contributed by atoms with van der Waals surface area (Å²) in [5, 5.41) is 9.73. The molecule has 5 heteroatoms. The molecule has 0 radical (unpaired) electrons. The van der Waals surface area contributed by atoms with Gasteiger partial charge in [0.25, 0.3) is 0 Å². The van der Waals surface area contributed by atoms with E-state index in [9.17, 15) is 9.90 Å². The third-order valence-electron chi connectivity index (χ3n) is 2.37. The first-order valence-electron chi connectivity index (χ1n) is 5.37. The van der Waals surface area contributed by atoms with E-state index in [1.807, 2.05) is 22.6 Å². The summed E-state index contributed by atoms with van der Waals surface area (Å²) in [7, 11) is 0. The number of esters is 1. The molecule has 0 amide bonds. The fourth-order valence-corrected chi connectivity index (χ4v) is 2.04. The highest BCUT2D eigenvalue weighted by Gasteiger charge is 2.18. The van der Waals surface area contributed by atoms with Crippen LogP contribution in [0.2, 0.25) is 0 Å². The second-order valence-electron chi connectivity index (χ2n) is 3.55. The molecule has 0 saturated carbocycles. The normalized spacial score (nSPS) is 10.3. The number of furan rings is 1. The van der Waals surface area contributed by atoms with E-state index in [1.165, 1.54) is 12.3 Å². The van der Waals surface area contributed by atoms with Crippen LogP contribution in [0.25, 0.3) is 11.3 Å². The minimum atomic E-state index is -0.429. The van der Waals surface area contributed by atoms with Gasteiger partial charge in [0.2, 0.25) is 0 Å². The van der Waals surface area contributed by atoms with E-state index in [1.54, 1.807) is 25.1 Å². The zero-order valence-electron chi connectivity index (χ0n) is 9.64. The van der Waals surface area contributed by atoms with E-state index >= 15 is 0 Å². The van der Waals surface area contributed by atoms with Gasteiger partial charge in [-0.1, -0.05) is 0 Å². The maximum Gasteiger partial charge on any atom is 0.338 e. The summed E-state index contributed by atoms with van der Waals surface area (Å²) in [5.41, 5.74) is 0.908. The quantitative estimate of drug-likeness (QED) is 0.675. The Morgan fingerprint density at radius 3 is 2.89 bits per heavy atom. The van der Waals surface area contributed by atoms with Crippen LogP contribution in [0.15, 0.2) is 34.9 Å². The number of ether oxygens (including phenoxy) is 1. The first-order chi connectivity index (χ1) is 8.63. The summed E-state index contributed by atoms with van der Waals surface area (Å²) in [4.78, 5) is 11.9. The van der Waals surface area contributed by atoms with E-state index < -0.39 is 5.97 Å². The molecule has 0 aliphatic carbocycles. The Balaban J connectivity index is 2.56. The number of phenolic OH excluding ortho intramolecular Hbond substituents is 1. The van der Waals surface area contributed by atoms with Gasteiger partial charge in [0, 0.05) is 5.56 Å². The highest BCUT2D eigenvalue weighted by atomic mass is 127. The Labute approximate surface area is 118 Å². The van der Waals surface area contributed by atoms with Gasteiger partial charge < -0.3 is 14.3 Å². The minimum Gasteiger partial charge on any atom is -0.507 e. The maximum atomic E-state index is 11.9. The number of hydrogen-bond acceptors (Lipinski definition) is 4. The Kier molecular flexibility index (Phi) is 3.90. The molecule has 1 heterocycles. The van der Waals surface area contributed by atoms with Gasteiger partial charge in [0.15, 0.2) is 0 Å². The molecule has 2 aromatic rings. The molecule has 0 aliphatic rings. The maximum absolute atomic E-state index is 11.9. The summed E-state index contributed by atoms with van der Waals surface area (Å²) in [5.74, 6) is 0.196. The first kappa shape index (κ1) is 12.9. The van der Waals surface area contributed by atoms with E-state index in [0.717, 1.165) is 0 Å². The number of hydrogen-bond donors (Lipinski definition) is 1. The van der Waals surface area contributed by atoms with Crippen molar-refractivity contribution in [2.24, 2.45) is 0 Å². The predicted molar refractivity (Wildman–Crippen MR) is 74.5 cm³/mol. The number of benzene rings is 1. The van der Waals surface area contributed by atoms with Crippen molar-refractivity contribution in [1.29, 1.82) is 0 Å². The fourth-order valence-electron chi connectivity index (χ4n) is 1.58. The van der Waals surface area contributed by atoms with Crippen molar-refractivity contribution >= 4 is 28.6 Å². The van der Waals surface area contributed by atoms with Crippen molar-refractivity contribution in [1.82, 2.24) is 0 Å². The summed E-state index contributed by atoms with van der Waals surface area (Å²) < 4.78 is 10.8. The Morgan fingerprint density at radius 2 is 2.28 bits per heavy atom. The van der Waals surface area contributed by atoms with Crippen molar-refractivity contribution in [2.75, 3.05) is 6.61 Å². The molecule has 0 fully saturated rings. The summed E-state index contributed by atoms with van der Waals surface area (Å²) in [6, 6.07) is 6.54. The molecule has 0 spiro atoms. The van der Waals surface area contributed by atoms with Gasteiger partial charge in [-0.15, -0.1) is 0 Å². The van der Waals surface area contributed by atoms with Crippen LogP contribution in [0.1, 0.15) is 17.3 Å². The number of phenols is 1. The van der Waals surface area contributed by atoms with Crippen LogP contribution in [0.3, 0.4) is 0 Å². The lowest BCUT2D eigenvalue weighted by molar-refractivity contribution is 0.0527. The van der Waals surface area contributed by atoms with Gasteiger partial charge in [-0.05, 0) is 53.8 Å². The number of halogens is 1. The number of aromatic hydroxyl groups is 1. The first-order valence-corrected chi connectivity index (χ1v) is 6.45. The third kappa shape index (κ3) is 2.50. The molecule has 18 heavy (non-hydrogen) atoms. The predicted octanol–water partition coefficient (Wildman–Crippen LogP) is 3.43. The number of rotatable bonds is 3. The van der Waals surface area contributed by atoms with Crippen LogP contribution in [0.4, 0.5) is 0 Å². The molecule has 0 saturated heterocycles. The third-order valence-corrected chi connectivity index (χ3v) is 3.23. The molecular formula is C13H11IO4. The van der Waals surface area contributed by atoms with E-state index in [0.29, 0.717) is 27.1 Å². The van der Waals surface area contributed by atoms with Crippen molar-refractivity contribution in [3.8, 4) is 17.1 Å². The van der Waals surface area contributed by atoms with Gasteiger partial charge in [-0.3, -0.25) is 0 Å². The molecule has 0 atom stereocenters. The van der Waals surface area contributed by atoms with Crippen LogP contribution in [0, 0.1) is 3.57 Å². The molecule has 0 unspecified atom stereocenters. The average Bonchev–Trinajstić information content (AvgIpc) is 2.86. The van der Waals surface area contributed by atoms with Gasteiger partial charge in [-0.2, -0.15) is 0 Å². The zero-order chi connectivity index (χ0) is 13.1. The van der Waals surface area contributed by atoms with Gasteiger partial charge in [0.1, 0.15) is 11.5 Å². The fraction of sp³-hybridized carbons (Fsp3) is 0.154. The van der Waals surface area contributed by atoms with E-state index in [2.05, 4.69) is 0 Å². The number of carbonyl (C=O) groups excluding carboxylic acids is 1. The van der Waals surface area contributed by atoms with Gasteiger partial charge in [0.05, 0.1) is 22.0 Å².